The third-order valence-electron chi connectivity index (χ3n) is 3.71. The first kappa shape index (κ1) is 16.3. The Morgan fingerprint density at radius 1 is 1.25 bits per heavy atom. The van der Waals surface area contributed by atoms with E-state index in [1.165, 1.54) is 17.7 Å². The lowest BCUT2D eigenvalue weighted by molar-refractivity contribution is 0.0925. The number of nitrogens with one attached hydrogen (secondary N) is 2. The number of rotatable bonds is 6. The molecule has 1 aromatic heterocycles. The Hall–Kier alpha value is -2.60. The number of ether oxygens (including phenoxy) is 1. The molecule has 1 aromatic carbocycles. The van der Waals surface area contributed by atoms with Crippen molar-refractivity contribution in [2.45, 2.75) is 13.0 Å². The third-order valence-corrected chi connectivity index (χ3v) is 3.71. The van der Waals surface area contributed by atoms with E-state index in [9.17, 15) is 9.18 Å². The zero-order chi connectivity index (χ0) is 16.8. The normalized spacial score (nSPS) is 14.1. The SMILES string of the molecule is O=C(NCC1=CCNCC1)c1ccc(COc2ccc(F)cc2)o1. The zero-order valence-corrected chi connectivity index (χ0v) is 13.2. The number of furan rings is 1. The summed E-state index contributed by atoms with van der Waals surface area (Å²) in [7, 11) is 0. The van der Waals surface area contributed by atoms with Gasteiger partial charge in [0.05, 0.1) is 0 Å². The standard InChI is InChI=1S/C18H19FN2O3/c19-14-1-3-15(4-2-14)23-12-16-5-6-17(24-16)18(22)21-11-13-7-9-20-10-8-13/h1-7,20H,8-12H2,(H,21,22). The maximum absolute atomic E-state index is 12.8. The maximum atomic E-state index is 12.8. The minimum atomic E-state index is -0.317. The summed E-state index contributed by atoms with van der Waals surface area (Å²) in [4.78, 5) is 12.1. The van der Waals surface area contributed by atoms with Crippen molar-refractivity contribution in [2.75, 3.05) is 19.6 Å². The molecule has 2 aromatic rings. The Bertz CT molecular complexity index is 722. The summed E-state index contributed by atoms with van der Waals surface area (Å²) in [6.45, 7) is 2.49. The number of halogens is 1. The fraction of sp³-hybridized carbons (Fsp3) is 0.278. The third kappa shape index (κ3) is 4.45. The molecule has 3 rings (SSSR count). The number of benzene rings is 1. The minimum absolute atomic E-state index is 0.176. The Morgan fingerprint density at radius 2 is 2.08 bits per heavy atom. The average molecular weight is 330 g/mol. The molecule has 24 heavy (non-hydrogen) atoms. The van der Waals surface area contributed by atoms with Crippen molar-refractivity contribution in [3.63, 3.8) is 0 Å². The molecule has 0 unspecified atom stereocenters. The summed E-state index contributed by atoms with van der Waals surface area (Å²) in [5.41, 5.74) is 1.22. The molecule has 6 heteroatoms. The number of amides is 1. The van der Waals surface area contributed by atoms with E-state index in [4.69, 9.17) is 9.15 Å². The molecule has 0 saturated carbocycles. The number of hydrogen-bond acceptors (Lipinski definition) is 4. The van der Waals surface area contributed by atoms with Gasteiger partial charge >= 0.3 is 0 Å². The molecule has 5 nitrogen and oxygen atoms in total. The van der Waals surface area contributed by atoms with Gasteiger partial charge in [0, 0.05) is 13.1 Å². The van der Waals surface area contributed by atoms with Crippen LogP contribution in [0.15, 0.2) is 52.5 Å². The second-order valence-electron chi connectivity index (χ2n) is 5.51. The second kappa shape index (κ2) is 7.79. The van der Waals surface area contributed by atoms with Crippen molar-refractivity contribution in [3.05, 3.63) is 65.4 Å². The average Bonchev–Trinajstić information content (AvgIpc) is 3.09. The highest BCUT2D eigenvalue weighted by atomic mass is 19.1. The van der Waals surface area contributed by atoms with Crippen LogP contribution in [0.3, 0.4) is 0 Å². The van der Waals surface area contributed by atoms with E-state index >= 15 is 0 Å². The van der Waals surface area contributed by atoms with E-state index in [2.05, 4.69) is 16.7 Å². The zero-order valence-electron chi connectivity index (χ0n) is 13.2. The number of carbonyl (C=O) groups is 1. The molecule has 0 bridgehead atoms. The van der Waals surface area contributed by atoms with E-state index in [1.807, 2.05) is 0 Å². The van der Waals surface area contributed by atoms with Crippen molar-refractivity contribution >= 4 is 5.91 Å². The highest BCUT2D eigenvalue weighted by Crippen LogP contribution is 2.15. The molecule has 0 atom stereocenters. The molecule has 0 saturated heterocycles. The van der Waals surface area contributed by atoms with E-state index < -0.39 is 0 Å². The Morgan fingerprint density at radius 3 is 2.83 bits per heavy atom. The van der Waals surface area contributed by atoms with Gasteiger partial charge in [0.1, 0.15) is 23.9 Å². The highest BCUT2D eigenvalue weighted by molar-refractivity contribution is 5.91. The molecule has 0 spiro atoms. The Balaban J connectivity index is 1.49. The summed E-state index contributed by atoms with van der Waals surface area (Å²) in [6, 6.07) is 9.05. The molecule has 0 radical (unpaired) electrons. The summed E-state index contributed by atoms with van der Waals surface area (Å²) in [5.74, 6) is 0.759. The molecular formula is C18H19FN2O3. The summed E-state index contributed by atoms with van der Waals surface area (Å²) in [5, 5.41) is 6.08. The topological polar surface area (TPSA) is 63.5 Å². The van der Waals surface area contributed by atoms with Crippen LogP contribution in [0.2, 0.25) is 0 Å². The lowest BCUT2D eigenvalue weighted by atomic mass is 10.1. The molecule has 2 heterocycles. The first-order chi connectivity index (χ1) is 11.7. The summed E-state index contributed by atoms with van der Waals surface area (Å²) >= 11 is 0. The lowest BCUT2D eigenvalue weighted by Crippen LogP contribution is -2.29. The van der Waals surface area contributed by atoms with Crippen LogP contribution in [-0.2, 0) is 6.61 Å². The van der Waals surface area contributed by atoms with Crippen LogP contribution in [0.5, 0.6) is 5.75 Å². The van der Waals surface area contributed by atoms with Crippen LogP contribution < -0.4 is 15.4 Å². The van der Waals surface area contributed by atoms with Gasteiger partial charge in [0.2, 0.25) is 0 Å². The molecule has 0 fully saturated rings. The summed E-state index contributed by atoms with van der Waals surface area (Å²) in [6.07, 6.45) is 3.03. The van der Waals surface area contributed by atoms with Gasteiger partial charge in [-0.25, -0.2) is 4.39 Å². The quantitative estimate of drug-likeness (QED) is 0.799. The van der Waals surface area contributed by atoms with Gasteiger partial charge in [-0.2, -0.15) is 0 Å². The van der Waals surface area contributed by atoms with Gasteiger partial charge in [-0.05, 0) is 49.4 Å². The predicted molar refractivity (Wildman–Crippen MR) is 87.3 cm³/mol. The van der Waals surface area contributed by atoms with Crippen LogP contribution in [0.4, 0.5) is 4.39 Å². The summed E-state index contributed by atoms with van der Waals surface area (Å²) < 4.78 is 23.8. The van der Waals surface area contributed by atoms with Gasteiger partial charge in [-0.1, -0.05) is 11.6 Å². The van der Waals surface area contributed by atoms with Gasteiger partial charge in [-0.15, -0.1) is 0 Å². The van der Waals surface area contributed by atoms with Crippen molar-refractivity contribution in [1.29, 1.82) is 0 Å². The lowest BCUT2D eigenvalue weighted by Gasteiger charge is -2.14. The monoisotopic (exact) mass is 330 g/mol. The van der Waals surface area contributed by atoms with Crippen molar-refractivity contribution in [1.82, 2.24) is 10.6 Å². The Kier molecular flexibility index (Phi) is 5.28. The van der Waals surface area contributed by atoms with Crippen LogP contribution >= 0.6 is 0 Å². The van der Waals surface area contributed by atoms with Gasteiger partial charge < -0.3 is 19.8 Å². The van der Waals surface area contributed by atoms with Crippen LogP contribution in [0.1, 0.15) is 22.7 Å². The van der Waals surface area contributed by atoms with Gasteiger partial charge in [0.15, 0.2) is 5.76 Å². The van der Waals surface area contributed by atoms with Crippen LogP contribution in [0, 0.1) is 5.82 Å². The van der Waals surface area contributed by atoms with Crippen LogP contribution in [-0.4, -0.2) is 25.5 Å². The van der Waals surface area contributed by atoms with Gasteiger partial charge in [-0.3, -0.25) is 4.79 Å². The highest BCUT2D eigenvalue weighted by Gasteiger charge is 2.12. The fourth-order valence-electron chi connectivity index (χ4n) is 2.37. The molecule has 2 N–H and O–H groups in total. The molecule has 0 aliphatic carbocycles. The largest absolute Gasteiger partial charge is 0.486 e. The maximum Gasteiger partial charge on any atom is 0.287 e. The molecule has 1 aliphatic rings. The van der Waals surface area contributed by atoms with E-state index in [1.54, 1.807) is 24.3 Å². The number of hydrogen-bond donors (Lipinski definition) is 2. The molecule has 126 valence electrons. The Labute approximate surface area is 139 Å². The van der Waals surface area contributed by atoms with Crippen LogP contribution in [0.25, 0.3) is 0 Å². The fourth-order valence-corrected chi connectivity index (χ4v) is 2.37. The second-order valence-corrected chi connectivity index (χ2v) is 5.51. The van der Waals surface area contributed by atoms with Crippen molar-refractivity contribution < 1.29 is 18.3 Å². The smallest absolute Gasteiger partial charge is 0.287 e. The predicted octanol–water partition coefficient (Wildman–Crippen LogP) is 2.65. The first-order valence-corrected chi connectivity index (χ1v) is 7.84. The first-order valence-electron chi connectivity index (χ1n) is 7.84. The van der Waals surface area contributed by atoms with Crippen molar-refractivity contribution in [3.8, 4) is 5.75 Å². The van der Waals surface area contributed by atoms with Gasteiger partial charge in [0.25, 0.3) is 5.91 Å². The number of carbonyl (C=O) groups excluding carboxylic acids is 1. The molecule has 1 amide bonds. The minimum Gasteiger partial charge on any atom is -0.486 e. The van der Waals surface area contributed by atoms with E-state index in [0.717, 1.165) is 19.5 Å². The van der Waals surface area contributed by atoms with E-state index in [0.29, 0.717) is 18.1 Å². The molecule has 1 aliphatic heterocycles. The van der Waals surface area contributed by atoms with E-state index in [-0.39, 0.29) is 24.1 Å². The van der Waals surface area contributed by atoms with Crippen molar-refractivity contribution in [2.24, 2.45) is 0 Å². The molecular weight excluding hydrogens is 311 g/mol.